The number of hydrogen-bond donors (Lipinski definition) is 2. The number of nitro groups is 1. The summed E-state index contributed by atoms with van der Waals surface area (Å²) in [5.41, 5.74) is 8.50. The van der Waals surface area contributed by atoms with Crippen LogP contribution in [-0.4, -0.2) is 42.4 Å². The Hall–Kier alpha value is -3.87. The van der Waals surface area contributed by atoms with Gasteiger partial charge in [-0.05, 0) is 22.3 Å². The molecule has 29 heavy (non-hydrogen) atoms. The molecule has 0 aliphatic heterocycles. The zero-order valence-electron chi connectivity index (χ0n) is 15.1. The molecule has 2 heterocycles. The third kappa shape index (κ3) is 4.03. The van der Waals surface area contributed by atoms with Crippen molar-refractivity contribution in [3.63, 3.8) is 0 Å². The van der Waals surface area contributed by atoms with E-state index in [4.69, 9.17) is 17.3 Å². The number of nitrogens with zero attached hydrogens (tertiary/aromatic N) is 7. The lowest BCUT2D eigenvalue weighted by atomic mass is 10.1. The summed E-state index contributed by atoms with van der Waals surface area (Å²) in [6, 6.07) is 4.11. The predicted octanol–water partition coefficient (Wildman–Crippen LogP) is 1.68. The van der Waals surface area contributed by atoms with Gasteiger partial charge >= 0.3 is 0 Å². The molecule has 1 aromatic carbocycles. The van der Waals surface area contributed by atoms with E-state index in [0.29, 0.717) is 11.3 Å². The number of nitro benzene ring substituents is 1. The standard InChI is InChI=1S/C15H14ClN9O4/c1-7(2)12-11(19-23-24(12)14-13(17)21-29-22-14)15(26)20-18-6-8-3-4-9(16)10(5-8)25(27)28/h3-7H,1-2H3,(H2,17,21)(H,20,26)/b18-6+. The van der Waals surface area contributed by atoms with Crippen molar-refractivity contribution in [3.05, 3.63) is 50.3 Å². The molecule has 0 atom stereocenters. The van der Waals surface area contributed by atoms with Crippen LogP contribution in [0.5, 0.6) is 0 Å². The highest BCUT2D eigenvalue weighted by Gasteiger charge is 2.25. The Morgan fingerprint density at radius 2 is 2.21 bits per heavy atom. The molecule has 0 aliphatic rings. The number of hydrogen-bond acceptors (Lipinski definition) is 10. The fourth-order valence-electron chi connectivity index (χ4n) is 2.43. The zero-order valence-corrected chi connectivity index (χ0v) is 15.9. The first-order valence-corrected chi connectivity index (χ1v) is 8.48. The maximum atomic E-state index is 12.5. The van der Waals surface area contributed by atoms with Gasteiger partial charge in [-0.3, -0.25) is 14.9 Å². The van der Waals surface area contributed by atoms with Crippen molar-refractivity contribution in [3.8, 4) is 5.82 Å². The molecule has 2 aromatic heterocycles. The third-order valence-electron chi connectivity index (χ3n) is 3.71. The molecular weight excluding hydrogens is 406 g/mol. The van der Waals surface area contributed by atoms with Crippen LogP contribution in [0.15, 0.2) is 27.9 Å². The van der Waals surface area contributed by atoms with Crippen LogP contribution in [0.1, 0.15) is 41.5 Å². The van der Waals surface area contributed by atoms with Gasteiger partial charge in [-0.2, -0.15) is 9.78 Å². The average molecular weight is 420 g/mol. The topological polar surface area (TPSA) is 180 Å². The van der Waals surface area contributed by atoms with Crippen molar-refractivity contribution < 1.29 is 14.3 Å². The maximum absolute atomic E-state index is 12.5. The maximum Gasteiger partial charge on any atom is 0.293 e. The molecule has 0 bridgehead atoms. The minimum absolute atomic E-state index is 0.00152. The molecule has 1 amide bonds. The van der Waals surface area contributed by atoms with Gasteiger partial charge in [-0.1, -0.05) is 36.7 Å². The van der Waals surface area contributed by atoms with Crippen molar-refractivity contribution >= 4 is 35.2 Å². The van der Waals surface area contributed by atoms with E-state index in [0.717, 1.165) is 0 Å². The SMILES string of the molecule is CC(C)c1c(C(=O)N/N=C/c2ccc(Cl)c([N+](=O)[O-])c2)nnn1-c1nonc1N. The van der Waals surface area contributed by atoms with Crippen LogP contribution in [0.2, 0.25) is 5.02 Å². The molecule has 0 saturated carbocycles. The number of amides is 1. The zero-order chi connectivity index (χ0) is 21.1. The van der Waals surface area contributed by atoms with E-state index in [-0.39, 0.29) is 34.0 Å². The van der Waals surface area contributed by atoms with Crippen LogP contribution in [0, 0.1) is 10.1 Å². The van der Waals surface area contributed by atoms with Gasteiger partial charge in [0.2, 0.25) is 11.6 Å². The van der Waals surface area contributed by atoms with Gasteiger partial charge < -0.3 is 5.73 Å². The monoisotopic (exact) mass is 419 g/mol. The summed E-state index contributed by atoms with van der Waals surface area (Å²) >= 11 is 5.76. The molecule has 0 unspecified atom stereocenters. The number of halogens is 1. The quantitative estimate of drug-likeness (QED) is 0.341. The molecule has 3 rings (SSSR count). The van der Waals surface area contributed by atoms with Gasteiger partial charge in [0.1, 0.15) is 5.02 Å². The number of aromatic nitrogens is 5. The van der Waals surface area contributed by atoms with Crippen LogP contribution in [-0.2, 0) is 0 Å². The molecule has 13 nitrogen and oxygen atoms in total. The van der Waals surface area contributed by atoms with Crippen molar-refractivity contribution in [2.75, 3.05) is 5.73 Å². The normalized spacial score (nSPS) is 11.3. The van der Waals surface area contributed by atoms with Crippen LogP contribution in [0.25, 0.3) is 5.82 Å². The van der Waals surface area contributed by atoms with Gasteiger partial charge in [-0.15, -0.1) is 5.10 Å². The smallest absolute Gasteiger partial charge is 0.293 e. The molecule has 0 radical (unpaired) electrons. The van der Waals surface area contributed by atoms with Crippen LogP contribution in [0.4, 0.5) is 11.5 Å². The lowest BCUT2D eigenvalue weighted by molar-refractivity contribution is -0.384. The molecule has 0 aliphatic carbocycles. The highest BCUT2D eigenvalue weighted by atomic mass is 35.5. The Morgan fingerprint density at radius 3 is 2.83 bits per heavy atom. The predicted molar refractivity (Wildman–Crippen MR) is 101 cm³/mol. The Labute approximate surface area is 167 Å². The van der Waals surface area contributed by atoms with E-state index in [9.17, 15) is 14.9 Å². The summed E-state index contributed by atoms with van der Waals surface area (Å²) in [6.45, 7) is 3.65. The van der Waals surface area contributed by atoms with Crippen LogP contribution >= 0.6 is 11.6 Å². The first-order chi connectivity index (χ1) is 13.8. The lowest BCUT2D eigenvalue weighted by Gasteiger charge is -2.08. The number of nitrogens with one attached hydrogen (secondary N) is 1. The van der Waals surface area contributed by atoms with Crippen molar-refractivity contribution in [1.29, 1.82) is 0 Å². The number of carbonyl (C=O) groups excluding carboxylic acids is 1. The molecule has 0 saturated heterocycles. The minimum atomic E-state index is -0.644. The molecule has 14 heteroatoms. The molecule has 150 valence electrons. The summed E-state index contributed by atoms with van der Waals surface area (Å²) in [5.74, 6) is -0.720. The van der Waals surface area contributed by atoms with Crippen LogP contribution in [0.3, 0.4) is 0 Å². The molecule has 0 fully saturated rings. The summed E-state index contributed by atoms with van der Waals surface area (Å²) in [4.78, 5) is 22.8. The van der Waals surface area contributed by atoms with Gasteiger partial charge in [-0.25, -0.2) is 10.1 Å². The highest BCUT2D eigenvalue weighted by Crippen LogP contribution is 2.24. The highest BCUT2D eigenvalue weighted by molar-refractivity contribution is 6.32. The van der Waals surface area contributed by atoms with Crippen molar-refractivity contribution in [1.82, 2.24) is 30.7 Å². The van der Waals surface area contributed by atoms with E-state index >= 15 is 0 Å². The van der Waals surface area contributed by atoms with Crippen LogP contribution < -0.4 is 11.2 Å². The van der Waals surface area contributed by atoms with E-state index in [1.807, 2.05) is 13.8 Å². The van der Waals surface area contributed by atoms with Gasteiger partial charge in [0.15, 0.2) is 5.69 Å². The fraction of sp³-hybridized carbons (Fsp3) is 0.200. The Bertz CT molecular complexity index is 1110. The molecule has 3 aromatic rings. The largest absolute Gasteiger partial charge is 0.378 e. The summed E-state index contributed by atoms with van der Waals surface area (Å²) < 4.78 is 5.82. The van der Waals surface area contributed by atoms with Gasteiger partial charge in [0, 0.05) is 11.6 Å². The molecule has 0 spiro atoms. The summed E-state index contributed by atoms with van der Waals surface area (Å²) in [7, 11) is 0. The lowest BCUT2D eigenvalue weighted by Crippen LogP contribution is -2.21. The van der Waals surface area contributed by atoms with Crippen molar-refractivity contribution in [2.45, 2.75) is 19.8 Å². The van der Waals surface area contributed by atoms with Crippen molar-refractivity contribution in [2.24, 2.45) is 5.10 Å². The van der Waals surface area contributed by atoms with E-state index in [1.54, 1.807) is 0 Å². The summed E-state index contributed by atoms with van der Waals surface area (Å²) in [6.07, 6.45) is 1.24. The molecule has 3 N–H and O–H groups in total. The van der Waals surface area contributed by atoms with Gasteiger partial charge in [0.05, 0.1) is 16.8 Å². The Balaban J connectivity index is 1.82. The number of anilines is 1. The minimum Gasteiger partial charge on any atom is -0.378 e. The van der Waals surface area contributed by atoms with E-state index in [1.165, 1.54) is 29.1 Å². The Morgan fingerprint density at radius 1 is 1.45 bits per heavy atom. The molecular formula is C15H14ClN9O4. The number of hydrazone groups is 1. The first-order valence-electron chi connectivity index (χ1n) is 8.11. The van der Waals surface area contributed by atoms with E-state index in [2.05, 4.69) is 35.8 Å². The second kappa shape index (κ2) is 8.02. The first kappa shape index (κ1) is 19.9. The fourth-order valence-corrected chi connectivity index (χ4v) is 2.62. The Kier molecular flexibility index (Phi) is 5.50. The van der Waals surface area contributed by atoms with Gasteiger partial charge in [0.25, 0.3) is 11.6 Å². The second-order valence-electron chi connectivity index (χ2n) is 6.03. The average Bonchev–Trinajstić information content (AvgIpc) is 3.28. The summed E-state index contributed by atoms with van der Waals surface area (Å²) in [5, 5.41) is 29.6. The number of nitrogens with two attached hydrogens (primary N) is 1. The number of rotatable bonds is 6. The number of carbonyl (C=O) groups is 1. The third-order valence-corrected chi connectivity index (χ3v) is 4.03. The second-order valence-corrected chi connectivity index (χ2v) is 6.44. The number of benzene rings is 1. The number of nitrogen functional groups attached to an aromatic ring is 1. The van der Waals surface area contributed by atoms with E-state index < -0.39 is 10.8 Å².